The third-order valence-corrected chi connectivity index (χ3v) is 12.8. The third kappa shape index (κ3) is 15.1. The Balaban J connectivity index is 0.00000312. The number of halogens is 6. The van der Waals surface area contributed by atoms with Gasteiger partial charge in [-0.1, -0.05) is 64.1 Å². The van der Waals surface area contributed by atoms with Gasteiger partial charge in [-0.05, 0) is 132 Å². The van der Waals surface area contributed by atoms with Gasteiger partial charge in [0.1, 0.15) is 0 Å². The van der Waals surface area contributed by atoms with Crippen LogP contribution in [0.2, 0.25) is 0 Å². The number of ether oxygens (including phenoxy) is 2. The molecule has 77 heavy (non-hydrogen) atoms. The molecule has 0 aliphatic carbocycles. The molecule has 0 saturated carbocycles. The molecule has 0 bridgehead atoms. The molecule has 13 nitrogen and oxygen atoms in total. The van der Waals surface area contributed by atoms with Crippen molar-refractivity contribution in [1.82, 2.24) is 9.80 Å². The lowest BCUT2D eigenvalue weighted by atomic mass is 9.92. The molecular formula is C58H68F6N7O6+. The van der Waals surface area contributed by atoms with Crippen molar-refractivity contribution in [2.24, 2.45) is 0 Å². The first kappa shape index (κ1) is 61.9. The molecular weight excluding hydrogens is 1000 g/mol. The molecule has 4 aromatic carbocycles. The van der Waals surface area contributed by atoms with Gasteiger partial charge in [0.05, 0.1) is 102 Å². The summed E-state index contributed by atoms with van der Waals surface area (Å²) in [6.07, 6.45) is -6.62. The standard InChI is InChI=1S/C54H55F6N7O6.2C2H6/c1-6-72-49(68)45-35(3)66(43-17-13-15-41(31-43)53(55,56)57)51(70)64(47(45)39-23-19-37(33-61)20-24-39)29-10-8-9-27-63(5)28-11-12-30-65-48(40-25-21-38(34-62)22-26-40)46(50(69)73-7-2)36(4)67(52(65)71)44-18-14-16-42(32-44)54(58,59)60;2*1-2/h13-26,31-32,47-48H,6-12,27-30H2,1-5H3;2*1-2H3/p+1/t47?,48-;;/m1../s1. The van der Waals surface area contributed by atoms with Crippen molar-refractivity contribution in [1.29, 1.82) is 10.5 Å². The number of carbonyl (C=O) groups excluding carboxylic acids is 4. The highest BCUT2D eigenvalue weighted by Gasteiger charge is 2.45. The molecule has 4 amide bonds. The zero-order chi connectivity index (χ0) is 57.2. The lowest BCUT2D eigenvalue weighted by Gasteiger charge is -2.43. The molecule has 0 aromatic heterocycles. The van der Waals surface area contributed by atoms with E-state index in [9.17, 15) is 56.0 Å². The Kier molecular flexibility index (Phi) is 22.9. The molecule has 3 atom stereocenters. The normalized spacial score (nSPS) is 16.2. The maximum atomic E-state index is 14.6. The van der Waals surface area contributed by atoms with Crippen LogP contribution in [-0.4, -0.2) is 80.2 Å². The Morgan fingerprint density at radius 2 is 0.922 bits per heavy atom. The van der Waals surface area contributed by atoms with Gasteiger partial charge in [-0.3, -0.25) is 9.80 Å². The van der Waals surface area contributed by atoms with Gasteiger partial charge in [0, 0.05) is 24.5 Å². The second kappa shape index (κ2) is 28.5. The van der Waals surface area contributed by atoms with Crippen LogP contribution in [-0.2, 0) is 31.4 Å². The molecule has 2 aliphatic heterocycles. The van der Waals surface area contributed by atoms with Crippen LogP contribution in [0.1, 0.15) is 133 Å². The van der Waals surface area contributed by atoms with Gasteiger partial charge < -0.3 is 24.2 Å². The van der Waals surface area contributed by atoms with Crippen LogP contribution < -0.4 is 14.7 Å². The minimum absolute atomic E-state index is 0.00603. The number of nitriles is 2. The van der Waals surface area contributed by atoms with Crippen molar-refractivity contribution in [2.75, 3.05) is 56.2 Å². The fourth-order valence-electron chi connectivity index (χ4n) is 9.24. The van der Waals surface area contributed by atoms with E-state index in [-0.39, 0.29) is 60.2 Å². The molecule has 0 saturated heterocycles. The highest BCUT2D eigenvalue weighted by Crippen LogP contribution is 2.43. The summed E-state index contributed by atoms with van der Waals surface area (Å²) in [5.41, 5.74) is -0.0869. The van der Waals surface area contributed by atoms with Gasteiger partial charge in [0.2, 0.25) is 0 Å². The molecule has 2 unspecified atom stereocenters. The molecule has 2 aliphatic rings. The average Bonchev–Trinajstić information content (AvgIpc) is 3.42. The maximum absolute atomic E-state index is 14.6. The number of unbranched alkanes of at least 4 members (excludes halogenated alkanes) is 3. The van der Waals surface area contributed by atoms with Crippen LogP contribution in [0.5, 0.6) is 0 Å². The summed E-state index contributed by atoms with van der Waals surface area (Å²) in [6, 6.07) is 22.2. The van der Waals surface area contributed by atoms with Crippen molar-refractivity contribution in [3.63, 3.8) is 0 Å². The number of amides is 4. The molecule has 1 N–H and O–H groups in total. The number of hydrogen-bond donors (Lipinski definition) is 1. The van der Waals surface area contributed by atoms with Gasteiger partial charge >= 0.3 is 36.4 Å². The monoisotopic (exact) mass is 1070 g/mol. The second-order valence-electron chi connectivity index (χ2n) is 17.7. The van der Waals surface area contributed by atoms with Gasteiger partial charge in [-0.25, -0.2) is 19.2 Å². The minimum atomic E-state index is -4.70. The Bertz CT molecular complexity index is 2820. The highest BCUT2D eigenvalue weighted by molar-refractivity contribution is 6.04. The SMILES string of the molecule is CC.CC.CCOC(=O)C1=C(C)N(c2cccc(C(F)(F)F)c2)C(=O)N(CCCCC[NH+](C)CCCCN2C(=O)N(c3cccc(C(F)(F)F)c3)C(C)=C(C(=O)OCC)[C@H]2c2ccc(C#N)cc2)C1c1ccc(C#N)cc1. The number of nitrogens with zero attached hydrogens (tertiary/aromatic N) is 6. The number of allylic oxidation sites excluding steroid dienone is 2. The van der Waals surface area contributed by atoms with E-state index in [1.807, 2.05) is 34.7 Å². The average molecular weight is 1070 g/mol. The van der Waals surface area contributed by atoms with Crippen molar-refractivity contribution >= 4 is 35.4 Å². The third-order valence-electron chi connectivity index (χ3n) is 12.8. The zero-order valence-electron chi connectivity index (χ0n) is 45.1. The molecule has 0 fully saturated rings. The Morgan fingerprint density at radius 3 is 1.26 bits per heavy atom. The summed E-state index contributed by atoms with van der Waals surface area (Å²) in [6.45, 7) is 15.7. The van der Waals surface area contributed by atoms with Gasteiger partial charge in [0.15, 0.2) is 0 Å². The van der Waals surface area contributed by atoms with Crippen LogP contribution in [0.3, 0.4) is 0 Å². The van der Waals surface area contributed by atoms with E-state index < -0.39 is 59.6 Å². The predicted molar refractivity (Wildman–Crippen MR) is 281 cm³/mol. The highest BCUT2D eigenvalue weighted by atomic mass is 19.4. The predicted octanol–water partition coefficient (Wildman–Crippen LogP) is 12.3. The van der Waals surface area contributed by atoms with Crippen LogP contribution in [0.4, 0.5) is 47.3 Å². The van der Waals surface area contributed by atoms with Crippen LogP contribution in [0.15, 0.2) is 120 Å². The Hall–Kier alpha value is -7.64. The molecule has 412 valence electrons. The number of anilines is 2. The van der Waals surface area contributed by atoms with E-state index in [2.05, 4.69) is 12.1 Å². The number of esters is 2. The molecule has 6 rings (SSSR count). The van der Waals surface area contributed by atoms with Gasteiger partial charge in [-0.15, -0.1) is 0 Å². The summed E-state index contributed by atoms with van der Waals surface area (Å²) in [5.74, 6) is -1.50. The molecule has 2 heterocycles. The van der Waals surface area contributed by atoms with E-state index in [0.29, 0.717) is 67.4 Å². The van der Waals surface area contributed by atoms with Crippen molar-refractivity contribution in [3.8, 4) is 12.1 Å². The largest absolute Gasteiger partial charge is 0.463 e. The first-order chi connectivity index (χ1) is 36.7. The first-order valence-corrected chi connectivity index (χ1v) is 25.9. The fourth-order valence-corrected chi connectivity index (χ4v) is 9.24. The topological polar surface area (TPSA) is 152 Å². The summed E-state index contributed by atoms with van der Waals surface area (Å²) in [5, 5.41) is 19.0. The van der Waals surface area contributed by atoms with Gasteiger partial charge in [0.25, 0.3) is 0 Å². The number of rotatable bonds is 19. The molecule has 19 heteroatoms. The number of quaternary nitrogens is 1. The number of benzene rings is 4. The summed E-state index contributed by atoms with van der Waals surface area (Å²) in [4.78, 5) is 62.9. The quantitative estimate of drug-likeness (QED) is 0.0554. The van der Waals surface area contributed by atoms with Crippen LogP contribution >= 0.6 is 0 Å². The zero-order valence-corrected chi connectivity index (χ0v) is 45.1. The van der Waals surface area contributed by atoms with Crippen molar-refractivity contribution in [3.05, 3.63) is 153 Å². The van der Waals surface area contributed by atoms with E-state index in [1.165, 1.54) is 47.9 Å². The van der Waals surface area contributed by atoms with E-state index in [1.54, 1.807) is 62.4 Å². The van der Waals surface area contributed by atoms with Crippen molar-refractivity contribution in [2.45, 2.75) is 112 Å². The molecule has 4 aromatic rings. The number of nitrogens with one attached hydrogen (secondary N) is 1. The van der Waals surface area contributed by atoms with Crippen LogP contribution in [0, 0.1) is 22.7 Å². The van der Waals surface area contributed by atoms with Gasteiger partial charge in [-0.2, -0.15) is 36.9 Å². The summed E-state index contributed by atoms with van der Waals surface area (Å²) >= 11 is 0. The van der Waals surface area contributed by atoms with E-state index in [4.69, 9.17) is 9.47 Å². The Morgan fingerprint density at radius 1 is 0.571 bits per heavy atom. The lowest BCUT2D eigenvalue weighted by molar-refractivity contribution is -0.880. The van der Waals surface area contributed by atoms with E-state index >= 15 is 0 Å². The fraction of sp³-hybridized carbons (Fsp3) is 0.414. The lowest BCUT2D eigenvalue weighted by Crippen LogP contribution is -3.09. The minimum Gasteiger partial charge on any atom is -0.463 e. The number of hydrogen-bond acceptors (Lipinski definition) is 8. The number of alkyl halides is 6. The summed E-state index contributed by atoms with van der Waals surface area (Å²) in [7, 11) is 1.99. The molecule has 0 spiro atoms. The van der Waals surface area contributed by atoms with E-state index in [0.717, 1.165) is 39.0 Å². The van der Waals surface area contributed by atoms with Crippen molar-refractivity contribution < 1.29 is 59.9 Å². The number of carbonyl (C=O) groups is 4. The second-order valence-corrected chi connectivity index (χ2v) is 17.7. The first-order valence-electron chi connectivity index (χ1n) is 25.9. The Labute approximate surface area is 447 Å². The maximum Gasteiger partial charge on any atom is 0.416 e. The summed E-state index contributed by atoms with van der Waals surface area (Å²) < 4.78 is 94.4. The van der Waals surface area contributed by atoms with Crippen LogP contribution in [0.25, 0.3) is 0 Å². The smallest absolute Gasteiger partial charge is 0.416 e. The molecule has 0 radical (unpaired) electrons. The number of urea groups is 2.